The fourth-order valence-electron chi connectivity index (χ4n) is 5.37. The molecule has 0 bridgehead atoms. The first-order valence-corrected chi connectivity index (χ1v) is 17.6. The van der Waals surface area contributed by atoms with Crippen LogP contribution in [-0.4, -0.2) is 54.7 Å². The Labute approximate surface area is 303 Å². The minimum atomic E-state index is -0.690. The number of ether oxygens (including phenoxy) is 4. The summed E-state index contributed by atoms with van der Waals surface area (Å²) in [5.41, 5.74) is 3.12. The summed E-state index contributed by atoms with van der Waals surface area (Å²) in [6.07, 6.45) is -0.536. The minimum absolute atomic E-state index is 0.143. The molecular formula is C41H43N3O6S. The van der Waals surface area contributed by atoms with E-state index in [1.807, 2.05) is 106 Å². The number of nitrogens with zero attached hydrogens (tertiary/aromatic N) is 1. The second kappa shape index (κ2) is 17.4. The Bertz CT molecular complexity index is 1740. The van der Waals surface area contributed by atoms with Crippen molar-refractivity contribution in [1.82, 2.24) is 10.3 Å². The van der Waals surface area contributed by atoms with E-state index >= 15 is 0 Å². The van der Waals surface area contributed by atoms with Gasteiger partial charge >= 0.3 is 12.1 Å². The first-order chi connectivity index (χ1) is 24.7. The van der Waals surface area contributed by atoms with Crippen molar-refractivity contribution in [1.29, 1.82) is 0 Å². The number of aromatic nitrogens is 1. The Morgan fingerprint density at radius 1 is 0.745 bits per heavy atom. The fourth-order valence-corrected chi connectivity index (χ4v) is 6.93. The number of carbonyl (C=O) groups excluding carboxylic acids is 2. The van der Waals surface area contributed by atoms with Crippen LogP contribution in [0.3, 0.4) is 0 Å². The zero-order valence-electron chi connectivity index (χ0n) is 29.2. The number of anilines is 1. The molecule has 4 aromatic carbocycles. The Hall–Kier alpha value is -5.48. The highest BCUT2D eigenvalue weighted by molar-refractivity contribution is 8.00. The molecular weight excluding hydrogens is 663 g/mol. The number of hydrogen-bond donors (Lipinski definition) is 2. The third-order valence-corrected chi connectivity index (χ3v) is 9.37. The topological polar surface area (TPSA) is 108 Å². The molecule has 5 rings (SSSR count). The van der Waals surface area contributed by atoms with Crippen LogP contribution >= 0.6 is 11.8 Å². The number of nitrogens with one attached hydrogen (secondary N) is 2. The Morgan fingerprint density at radius 2 is 1.27 bits per heavy atom. The number of hydrogen-bond acceptors (Lipinski definition) is 9. The van der Waals surface area contributed by atoms with Crippen LogP contribution in [0.4, 0.5) is 10.5 Å². The third kappa shape index (κ3) is 10.3. The molecule has 51 heavy (non-hydrogen) atoms. The van der Waals surface area contributed by atoms with E-state index in [1.165, 1.54) is 7.11 Å². The van der Waals surface area contributed by atoms with Crippen LogP contribution < -0.4 is 20.1 Å². The van der Waals surface area contributed by atoms with E-state index in [2.05, 4.69) is 52.0 Å². The molecule has 1 heterocycles. The Kier molecular flexibility index (Phi) is 12.6. The monoisotopic (exact) mass is 705 g/mol. The quantitative estimate of drug-likeness (QED) is 0.0820. The molecule has 264 valence electrons. The molecule has 5 aromatic rings. The Balaban J connectivity index is 1.47. The summed E-state index contributed by atoms with van der Waals surface area (Å²) in [5, 5.41) is 6.48. The number of rotatable bonds is 15. The van der Waals surface area contributed by atoms with Crippen molar-refractivity contribution in [3.63, 3.8) is 0 Å². The second-order valence-electron chi connectivity index (χ2n) is 12.6. The van der Waals surface area contributed by atoms with E-state index in [0.717, 1.165) is 16.7 Å². The summed E-state index contributed by atoms with van der Waals surface area (Å²) in [6, 6.07) is 43.4. The van der Waals surface area contributed by atoms with Crippen molar-refractivity contribution in [2.75, 3.05) is 31.3 Å². The molecule has 0 spiro atoms. The van der Waals surface area contributed by atoms with Crippen molar-refractivity contribution < 1.29 is 28.5 Å². The van der Waals surface area contributed by atoms with E-state index in [0.29, 0.717) is 17.2 Å². The number of alkyl carbamates (subject to hydrolysis) is 1. The van der Waals surface area contributed by atoms with Crippen molar-refractivity contribution in [3.8, 4) is 17.5 Å². The van der Waals surface area contributed by atoms with Crippen molar-refractivity contribution in [3.05, 3.63) is 150 Å². The minimum Gasteiger partial charge on any atom is -0.466 e. The molecule has 0 radical (unpaired) electrons. The fraction of sp³-hybridized carbons (Fsp3) is 0.244. The molecule has 1 unspecified atom stereocenters. The normalized spacial score (nSPS) is 11.9. The van der Waals surface area contributed by atoms with Crippen LogP contribution in [-0.2, 0) is 19.0 Å². The van der Waals surface area contributed by atoms with Gasteiger partial charge in [0.15, 0.2) is 6.61 Å². The molecule has 0 saturated heterocycles. The third-order valence-electron chi connectivity index (χ3n) is 7.66. The van der Waals surface area contributed by atoms with Crippen LogP contribution in [0.1, 0.15) is 37.5 Å². The molecule has 1 amide bonds. The summed E-state index contributed by atoms with van der Waals surface area (Å²) >= 11 is 1.72. The average Bonchev–Trinajstić information content (AvgIpc) is 3.14. The van der Waals surface area contributed by atoms with Gasteiger partial charge in [-0.1, -0.05) is 109 Å². The van der Waals surface area contributed by atoms with E-state index in [4.69, 9.17) is 18.9 Å². The molecule has 10 heteroatoms. The van der Waals surface area contributed by atoms with Gasteiger partial charge in [-0.15, -0.1) is 11.8 Å². The summed E-state index contributed by atoms with van der Waals surface area (Å²) in [5.74, 6) is 0.944. The molecule has 0 aliphatic heterocycles. The molecule has 0 aliphatic rings. The van der Waals surface area contributed by atoms with E-state index in [9.17, 15) is 9.59 Å². The molecule has 0 aliphatic carbocycles. The molecule has 0 saturated carbocycles. The summed E-state index contributed by atoms with van der Waals surface area (Å²) in [6.45, 7) is 5.41. The molecule has 2 N–H and O–H groups in total. The number of carbonyl (C=O) groups is 2. The number of benzene rings is 4. The van der Waals surface area contributed by atoms with Gasteiger partial charge in [0, 0.05) is 18.4 Å². The highest BCUT2D eigenvalue weighted by atomic mass is 32.2. The lowest BCUT2D eigenvalue weighted by atomic mass is 9.84. The van der Waals surface area contributed by atoms with Gasteiger partial charge in [0.25, 0.3) is 0 Å². The largest absolute Gasteiger partial charge is 0.466 e. The molecule has 9 nitrogen and oxygen atoms in total. The number of methoxy groups -OCH3 is 1. The van der Waals surface area contributed by atoms with Gasteiger partial charge < -0.3 is 29.6 Å². The molecule has 0 fully saturated rings. The number of pyridine rings is 1. The standard InChI is InChI=1S/C41H43N3O6S/c1-40(2,3)50-39(46)43-33(27-42-35-25-26-36(49-34-23-15-8-16-24-34)44-38(35)48-28-37(45)47-4)29-51-41(30-17-9-5-10-18-30,31-19-11-6-12-20-31)32-21-13-7-14-22-32/h5-26,33,42H,27-29H2,1-4H3,(H,43,46). The zero-order chi connectivity index (χ0) is 36.1. The van der Waals surface area contributed by atoms with Crippen molar-refractivity contribution in [2.24, 2.45) is 0 Å². The summed E-state index contributed by atoms with van der Waals surface area (Å²) in [7, 11) is 1.29. The molecule has 1 atom stereocenters. The summed E-state index contributed by atoms with van der Waals surface area (Å²) < 4.78 is 21.6. The van der Waals surface area contributed by atoms with Gasteiger partial charge in [0.1, 0.15) is 11.4 Å². The number of amides is 1. The maximum Gasteiger partial charge on any atom is 0.407 e. The van der Waals surface area contributed by atoms with E-state index in [1.54, 1.807) is 23.9 Å². The van der Waals surface area contributed by atoms with E-state index < -0.39 is 28.5 Å². The highest BCUT2D eigenvalue weighted by Gasteiger charge is 2.38. The number of esters is 1. The SMILES string of the molecule is COC(=O)COc1nc(Oc2ccccc2)ccc1NCC(CSC(c1ccccc1)(c1ccccc1)c1ccccc1)NC(=O)OC(C)(C)C. The van der Waals surface area contributed by atoms with Gasteiger partial charge in [0.2, 0.25) is 11.8 Å². The lowest BCUT2D eigenvalue weighted by Gasteiger charge is -2.37. The van der Waals surface area contributed by atoms with Crippen molar-refractivity contribution >= 4 is 29.5 Å². The van der Waals surface area contributed by atoms with Gasteiger partial charge in [-0.05, 0) is 55.7 Å². The van der Waals surface area contributed by atoms with Crippen LogP contribution in [0.25, 0.3) is 0 Å². The predicted molar refractivity (Wildman–Crippen MR) is 202 cm³/mol. The maximum absolute atomic E-state index is 13.2. The molecule has 1 aromatic heterocycles. The van der Waals surface area contributed by atoms with Crippen LogP contribution in [0.2, 0.25) is 0 Å². The smallest absolute Gasteiger partial charge is 0.407 e. The number of para-hydroxylation sites is 1. The number of thioether (sulfide) groups is 1. The van der Waals surface area contributed by atoms with Crippen LogP contribution in [0, 0.1) is 0 Å². The van der Waals surface area contributed by atoms with Gasteiger partial charge in [0.05, 0.1) is 23.6 Å². The lowest BCUT2D eigenvalue weighted by molar-refractivity contribution is -0.143. The lowest BCUT2D eigenvalue weighted by Crippen LogP contribution is -2.45. The van der Waals surface area contributed by atoms with Gasteiger partial charge in [-0.25, -0.2) is 9.59 Å². The van der Waals surface area contributed by atoms with Crippen LogP contribution in [0.15, 0.2) is 133 Å². The average molecular weight is 706 g/mol. The van der Waals surface area contributed by atoms with E-state index in [-0.39, 0.29) is 24.9 Å². The Morgan fingerprint density at radius 3 is 1.78 bits per heavy atom. The zero-order valence-corrected chi connectivity index (χ0v) is 30.0. The first kappa shape index (κ1) is 36.8. The van der Waals surface area contributed by atoms with Crippen molar-refractivity contribution in [2.45, 2.75) is 37.2 Å². The van der Waals surface area contributed by atoms with Crippen LogP contribution in [0.5, 0.6) is 17.5 Å². The first-order valence-electron chi connectivity index (χ1n) is 16.6. The van der Waals surface area contributed by atoms with Gasteiger partial charge in [-0.3, -0.25) is 0 Å². The second-order valence-corrected chi connectivity index (χ2v) is 13.8. The predicted octanol–water partition coefficient (Wildman–Crippen LogP) is 8.46. The van der Waals surface area contributed by atoms with Gasteiger partial charge in [-0.2, -0.15) is 4.98 Å². The summed E-state index contributed by atoms with van der Waals surface area (Å²) in [4.78, 5) is 29.8. The maximum atomic E-state index is 13.2. The highest BCUT2D eigenvalue weighted by Crippen LogP contribution is 2.48.